The third kappa shape index (κ3) is 5.65. The molecule has 0 radical (unpaired) electrons. The van der Waals surface area contributed by atoms with Crippen molar-refractivity contribution in [1.82, 2.24) is 9.88 Å². The van der Waals surface area contributed by atoms with Gasteiger partial charge in [0.25, 0.3) is 0 Å². The maximum absolute atomic E-state index is 13.3. The molecule has 3 rings (SSSR count). The zero-order valence-electron chi connectivity index (χ0n) is 17.7. The Labute approximate surface area is 189 Å². The number of pyridine rings is 1. The molecule has 0 bridgehead atoms. The Morgan fingerprint density at radius 1 is 1.09 bits per heavy atom. The summed E-state index contributed by atoms with van der Waals surface area (Å²) in [6, 6.07) is 6.51. The molecule has 1 aliphatic rings. The fourth-order valence-electron chi connectivity index (χ4n) is 3.08. The molecule has 0 aliphatic carbocycles. The number of anilines is 1. The largest absolute Gasteiger partial charge is 0.410 e. The van der Waals surface area contributed by atoms with Crippen molar-refractivity contribution in [3.63, 3.8) is 0 Å². The smallest absolute Gasteiger partial charge is 0.337 e. The van der Waals surface area contributed by atoms with Gasteiger partial charge in [0.1, 0.15) is 5.82 Å². The number of rotatable bonds is 9. The Bertz CT molecular complexity index is 1010. The summed E-state index contributed by atoms with van der Waals surface area (Å²) in [6.07, 6.45) is 4.29. The van der Waals surface area contributed by atoms with E-state index in [2.05, 4.69) is 10.3 Å². The summed E-state index contributed by atoms with van der Waals surface area (Å²) < 4.78 is 10.6. The van der Waals surface area contributed by atoms with E-state index in [-0.39, 0.29) is 23.6 Å². The van der Waals surface area contributed by atoms with Crippen molar-refractivity contribution in [3.05, 3.63) is 58.4 Å². The Balaban J connectivity index is 1.86. The number of ether oxygens (including phenoxy) is 2. The van der Waals surface area contributed by atoms with Crippen LogP contribution in [0.3, 0.4) is 0 Å². The number of cyclic esters (lactones) is 2. The van der Waals surface area contributed by atoms with Gasteiger partial charge >= 0.3 is 23.6 Å². The van der Waals surface area contributed by atoms with E-state index >= 15 is 0 Å². The summed E-state index contributed by atoms with van der Waals surface area (Å²) in [5, 5.41) is 4.29. The second-order valence-corrected chi connectivity index (χ2v) is 8.30. The normalized spacial score (nSPS) is 15.1. The predicted molar refractivity (Wildman–Crippen MR) is 117 cm³/mol. The molecule has 168 valence electrons. The second kappa shape index (κ2) is 10.3. The summed E-state index contributed by atoms with van der Waals surface area (Å²) >= 11 is 1.26. The molecule has 1 aliphatic heterocycles. The van der Waals surface area contributed by atoms with Crippen LogP contribution in [0, 0.1) is 0 Å². The van der Waals surface area contributed by atoms with Crippen molar-refractivity contribution in [1.29, 1.82) is 0 Å². The SMILES string of the molecule is CN(C)CCCCC1(C(=O)Nc2ncccc2C(=O)c2cccs2)OC(=O)C=CC(=O)O1. The lowest BCUT2D eigenvalue weighted by Crippen LogP contribution is -2.49. The molecule has 10 heteroatoms. The standard InChI is InChI=1S/C22H23N3O6S/c1-25(2)13-4-3-11-22(30-17(26)9-10-18(27)31-22)21(29)24-20-15(7-5-12-23-20)19(28)16-8-6-14-32-16/h5-10,12,14H,3-4,11,13H2,1-2H3,(H,23,24,29). The van der Waals surface area contributed by atoms with Crippen LogP contribution in [0.25, 0.3) is 0 Å². The van der Waals surface area contributed by atoms with Gasteiger partial charge in [0.2, 0.25) is 5.78 Å². The van der Waals surface area contributed by atoms with Crippen LogP contribution >= 0.6 is 11.3 Å². The van der Waals surface area contributed by atoms with Crippen LogP contribution in [0.1, 0.15) is 34.5 Å². The highest BCUT2D eigenvalue weighted by Crippen LogP contribution is 2.28. The molecule has 0 aromatic carbocycles. The van der Waals surface area contributed by atoms with Crippen LogP contribution in [-0.2, 0) is 23.9 Å². The molecule has 1 N–H and O–H groups in total. The van der Waals surface area contributed by atoms with Crippen LogP contribution in [-0.4, -0.2) is 59.9 Å². The molecule has 0 saturated heterocycles. The zero-order valence-corrected chi connectivity index (χ0v) is 18.5. The molecule has 0 saturated carbocycles. The van der Waals surface area contributed by atoms with Crippen LogP contribution in [0.15, 0.2) is 48.0 Å². The Kier molecular flexibility index (Phi) is 7.49. The maximum Gasteiger partial charge on any atom is 0.337 e. The molecular formula is C22H23N3O6S. The number of ketones is 1. The average Bonchev–Trinajstić information content (AvgIpc) is 3.25. The molecule has 1 amide bonds. The Morgan fingerprint density at radius 3 is 2.44 bits per heavy atom. The highest BCUT2D eigenvalue weighted by Gasteiger charge is 2.47. The maximum atomic E-state index is 13.3. The van der Waals surface area contributed by atoms with Gasteiger partial charge in [-0.1, -0.05) is 6.07 Å². The van der Waals surface area contributed by atoms with E-state index in [9.17, 15) is 19.2 Å². The van der Waals surface area contributed by atoms with Gasteiger partial charge in [0.15, 0.2) is 0 Å². The number of esters is 2. The Morgan fingerprint density at radius 2 is 1.81 bits per heavy atom. The first-order valence-corrected chi connectivity index (χ1v) is 10.8. The van der Waals surface area contributed by atoms with Crippen molar-refractivity contribution < 1.29 is 28.7 Å². The number of nitrogens with one attached hydrogen (secondary N) is 1. The minimum Gasteiger partial charge on any atom is -0.410 e. The van der Waals surface area contributed by atoms with Crippen LogP contribution in [0.5, 0.6) is 0 Å². The fraction of sp³-hybridized carbons (Fsp3) is 0.318. The van der Waals surface area contributed by atoms with Gasteiger partial charge in [-0.25, -0.2) is 14.6 Å². The minimum atomic E-state index is -2.18. The summed E-state index contributed by atoms with van der Waals surface area (Å²) in [5.74, 6) is -5.17. The third-order valence-electron chi connectivity index (χ3n) is 4.62. The molecule has 32 heavy (non-hydrogen) atoms. The van der Waals surface area contributed by atoms with E-state index in [0.29, 0.717) is 17.7 Å². The van der Waals surface area contributed by atoms with Crippen LogP contribution in [0.2, 0.25) is 0 Å². The predicted octanol–water partition coefficient (Wildman–Crippen LogP) is 2.40. The number of aromatic nitrogens is 1. The molecular weight excluding hydrogens is 434 g/mol. The van der Waals surface area contributed by atoms with Crippen LogP contribution < -0.4 is 5.32 Å². The van der Waals surface area contributed by atoms with Crippen molar-refractivity contribution in [3.8, 4) is 0 Å². The number of carbonyl (C=O) groups excluding carboxylic acids is 4. The van der Waals surface area contributed by atoms with Gasteiger partial charge in [-0.2, -0.15) is 0 Å². The van der Waals surface area contributed by atoms with E-state index in [1.54, 1.807) is 23.6 Å². The van der Waals surface area contributed by atoms with Gasteiger partial charge in [-0.3, -0.25) is 9.59 Å². The van der Waals surface area contributed by atoms with Gasteiger partial charge in [-0.05, 0) is 57.1 Å². The number of hydrogen-bond acceptors (Lipinski definition) is 9. The summed E-state index contributed by atoms with van der Waals surface area (Å²) in [7, 11) is 3.82. The quantitative estimate of drug-likeness (QED) is 0.347. The molecule has 3 heterocycles. The van der Waals surface area contributed by atoms with Gasteiger partial charge < -0.3 is 19.7 Å². The molecule has 0 spiro atoms. The summed E-state index contributed by atoms with van der Waals surface area (Å²) in [5.41, 5.74) is 0.162. The van der Waals surface area contributed by atoms with Gasteiger partial charge in [0.05, 0.1) is 10.4 Å². The van der Waals surface area contributed by atoms with Gasteiger partial charge in [0, 0.05) is 24.8 Å². The topological polar surface area (TPSA) is 115 Å². The first kappa shape index (κ1) is 23.3. The molecule has 9 nitrogen and oxygen atoms in total. The summed E-state index contributed by atoms with van der Waals surface area (Å²) in [6.45, 7) is 0.734. The lowest BCUT2D eigenvalue weighted by Gasteiger charge is -2.29. The number of nitrogens with zero attached hydrogens (tertiary/aromatic N) is 2. The van der Waals surface area contributed by atoms with E-state index in [0.717, 1.165) is 18.7 Å². The number of thiophene rings is 1. The van der Waals surface area contributed by atoms with Crippen molar-refractivity contribution in [2.45, 2.75) is 25.0 Å². The number of hydrogen-bond donors (Lipinski definition) is 1. The number of carbonyl (C=O) groups is 4. The minimum absolute atomic E-state index is 0.0205. The fourth-order valence-corrected chi connectivity index (χ4v) is 3.75. The summed E-state index contributed by atoms with van der Waals surface area (Å²) in [4.78, 5) is 56.8. The number of amides is 1. The molecule has 0 unspecified atom stereocenters. The average molecular weight is 458 g/mol. The first-order valence-electron chi connectivity index (χ1n) is 9.94. The van der Waals surface area contributed by atoms with Crippen molar-refractivity contribution in [2.75, 3.05) is 26.0 Å². The number of unbranched alkanes of at least 4 members (excludes halogenated alkanes) is 1. The lowest BCUT2D eigenvalue weighted by atomic mass is 10.1. The lowest BCUT2D eigenvalue weighted by molar-refractivity contribution is -0.219. The third-order valence-corrected chi connectivity index (χ3v) is 5.49. The molecule has 0 atom stereocenters. The zero-order chi connectivity index (χ0) is 23.1. The van der Waals surface area contributed by atoms with E-state index in [1.807, 2.05) is 19.0 Å². The van der Waals surface area contributed by atoms with E-state index < -0.39 is 23.6 Å². The molecule has 2 aromatic heterocycles. The van der Waals surface area contributed by atoms with E-state index in [4.69, 9.17) is 9.47 Å². The van der Waals surface area contributed by atoms with Crippen molar-refractivity contribution >= 4 is 40.8 Å². The van der Waals surface area contributed by atoms with E-state index in [1.165, 1.54) is 23.6 Å². The van der Waals surface area contributed by atoms with Gasteiger partial charge in [-0.15, -0.1) is 11.3 Å². The van der Waals surface area contributed by atoms with Crippen LogP contribution in [0.4, 0.5) is 5.82 Å². The highest BCUT2D eigenvalue weighted by molar-refractivity contribution is 7.12. The molecule has 2 aromatic rings. The monoisotopic (exact) mass is 457 g/mol. The molecule has 0 fully saturated rings. The van der Waals surface area contributed by atoms with Crippen molar-refractivity contribution in [2.24, 2.45) is 0 Å². The first-order chi connectivity index (χ1) is 15.3. The Hall–Kier alpha value is -3.37. The second-order valence-electron chi connectivity index (χ2n) is 7.35. The highest BCUT2D eigenvalue weighted by atomic mass is 32.1.